The molecule has 0 aliphatic carbocycles. The quantitative estimate of drug-likeness (QED) is 0.736. The number of rotatable bonds is 8. The Morgan fingerprint density at radius 1 is 1.30 bits per heavy atom. The van der Waals surface area contributed by atoms with Gasteiger partial charge in [-0.25, -0.2) is 0 Å². The zero-order chi connectivity index (χ0) is 14.2. The van der Waals surface area contributed by atoms with Gasteiger partial charge in [-0.1, -0.05) is 17.3 Å². The largest absolute Gasteiger partial charge is 0.497 e. The number of nitrogens with zero attached hydrogens (tertiary/aromatic N) is 2. The number of benzene rings is 1. The zero-order valence-electron chi connectivity index (χ0n) is 11.8. The van der Waals surface area contributed by atoms with E-state index in [0.717, 1.165) is 17.9 Å². The lowest BCUT2D eigenvalue weighted by atomic mass is 10.1. The van der Waals surface area contributed by atoms with E-state index in [0.29, 0.717) is 31.3 Å². The molecule has 0 unspecified atom stereocenters. The van der Waals surface area contributed by atoms with Crippen LogP contribution in [0.25, 0.3) is 0 Å². The van der Waals surface area contributed by atoms with Crippen LogP contribution in [0, 0.1) is 0 Å². The van der Waals surface area contributed by atoms with E-state index in [2.05, 4.69) is 15.5 Å². The monoisotopic (exact) mass is 277 g/mol. The summed E-state index contributed by atoms with van der Waals surface area (Å²) in [5.41, 5.74) is 1.09. The molecule has 20 heavy (non-hydrogen) atoms. The average molecular weight is 277 g/mol. The second kappa shape index (κ2) is 7.62. The number of methoxy groups -OCH3 is 2. The maximum Gasteiger partial charge on any atom is 0.240 e. The maximum absolute atomic E-state index is 5.19. The van der Waals surface area contributed by atoms with Crippen molar-refractivity contribution in [2.75, 3.05) is 27.4 Å². The summed E-state index contributed by atoms with van der Waals surface area (Å²) in [5.74, 6) is 2.08. The Balaban J connectivity index is 1.88. The first-order valence-electron chi connectivity index (χ1n) is 6.46. The van der Waals surface area contributed by atoms with Crippen LogP contribution < -0.4 is 10.1 Å². The molecule has 0 aliphatic heterocycles. The smallest absolute Gasteiger partial charge is 0.240 e. The summed E-state index contributed by atoms with van der Waals surface area (Å²) in [5, 5.41) is 7.12. The molecule has 0 amide bonds. The lowest BCUT2D eigenvalue weighted by Crippen LogP contribution is -2.18. The Labute approximate surface area is 118 Å². The fourth-order valence-corrected chi connectivity index (χ4v) is 1.77. The summed E-state index contributed by atoms with van der Waals surface area (Å²) in [7, 11) is 3.32. The molecular formula is C14H19N3O3. The molecule has 1 heterocycles. The van der Waals surface area contributed by atoms with Gasteiger partial charge in [0.05, 0.1) is 20.3 Å². The van der Waals surface area contributed by atoms with E-state index in [1.165, 1.54) is 0 Å². The number of ether oxygens (including phenoxy) is 2. The summed E-state index contributed by atoms with van der Waals surface area (Å²) in [6, 6.07) is 7.83. The van der Waals surface area contributed by atoms with Crippen LogP contribution in [-0.2, 0) is 17.7 Å². The minimum Gasteiger partial charge on any atom is -0.497 e. The third kappa shape index (κ3) is 4.32. The highest BCUT2D eigenvalue weighted by Gasteiger charge is 2.07. The summed E-state index contributed by atoms with van der Waals surface area (Å²) < 4.78 is 15.3. The van der Waals surface area contributed by atoms with Gasteiger partial charge in [-0.3, -0.25) is 0 Å². The Kier molecular flexibility index (Phi) is 5.52. The van der Waals surface area contributed by atoms with Gasteiger partial charge in [-0.2, -0.15) is 4.98 Å². The van der Waals surface area contributed by atoms with Gasteiger partial charge in [0.1, 0.15) is 5.75 Å². The lowest BCUT2D eigenvalue weighted by molar-refractivity contribution is 0.197. The minimum absolute atomic E-state index is 0.550. The van der Waals surface area contributed by atoms with Crippen LogP contribution >= 0.6 is 0 Å². The molecule has 2 rings (SSSR count). The van der Waals surface area contributed by atoms with E-state index in [4.69, 9.17) is 14.0 Å². The van der Waals surface area contributed by atoms with Crippen LogP contribution in [0.15, 0.2) is 28.8 Å². The molecule has 0 fully saturated rings. The Morgan fingerprint density at radius 2 is 2.20 bits per heavy atom. The molecule has 1 aromatic carbocycles. The Bertz CT molecular complexity index is 528. The van der Waals surface area contributed by atoms with Crippen LogP contribution in [0.1, 0.15) is 17.3 Å². The van der Waals surface area contributed by atoms with E-state index < -0.39 is 0 Å². The van der Waals surface area contributed by atoms with E-state index in [9.17, 15) is 0 Å². The molecule has 1 aromatic heterocycles. The van der Waals surface area contributed by atoms with Crippen molar-refractivity contribution in [3.8, 4) is 5.75 Å². The fraction of sp³-hybridized carbons (Fsp3) is 0.429. The molecule has 0 aliphatic rings. The molecule has 0 spiro atoms. The summed E-state index contributed by atoms with van der Waals surface area (Å²) in [6.07, 6.45) is 0.624. The second-order valence-electron chi connectivity index (χ2n) is 4.30. The van der Waals surface area contributed by atoms with Crippen molar-refractivity contribution in [3.05, 3.63) is 41.5 Å². The van der Waals surface area contributed by atoms with E-state index in [1.807, 2.05) is 24.3 Å². The molecule has 0 atom stereocenters. The Morgan fingerprint density at radius 3 is 3.00 bits per heavy atom. The Hall–Kier alpha value is -1.92. The van der Waals surface area contributed by atoms with Gasteiger partial charge in [0.2, 0.25) is 5.89 Å². The highest BCUT2D eigenvalue weighted by Crippen LogP contribution is 2.14. The lowest BCUT2D eigenvalue weighted by Gasteiger charge is -2.01. The first-order chi connectivity index (χ1) is 9.81. The third-order valence-corrected chi connectivity index (χ3v) is 2.77. The van der Waals surface area contributed by atoms with E-state index in [1.54, 1.807) is 14.2 Å². The van der Waals surface area contributed by atoms with Gasteiger partial charge in [-0.15, -0.1) is 0 Å². The van der Waals surface area contributed by atoms with Crippen LogP contribution in [0.4, 0.5) is 0 Å². The van der Waals surface area contributed by atoms with Crippen molar-refractivity contribution in [2.45, 2.75) is 13.0 Å². The molecule has 2 aromatic rings. The fourth-order valence-electron chi connectivity index (χ4n) is 1.77. The predicted molar refractivity (Wildman–Crippen MR) is 73.7 cm³/mol. The van der Waals surface area contributed by atoms with Gasteiger partial charge in [0.25, 0.3) is 0 Å². The zero-order valence-corrected chi connectivity index (χ0v) is 11.8. The summed E-state index contributed by atoms with van der Waals surface area (Å²) >= 11 is 0. The van der Waals surface area contributed by atoms with Gasteiger partial charge >= 0.3 is 0 Å². The third-order valence-electron chi connectivity index (χ3n) is 2.77. The summed E-state index contributed by atoms with van der Waals surface area (Å²) in [4.78, 5) is 4.34. The number of aromatic nitrogens is 2. The van der Waals surface area contributed by atoms with Crippen LogP contribution in [-0.4, -0.2) is 37.5 Å². The van der Waals surface area contributed by atoms with Crippen LogP contribution in [0.3, 0.4) is 0 Å². The van der Waals surface area contributed by atoms with Crippen molar-refractivity contribution < 1.29 is 14.0 Å². The average Bonchev–Trinajstić information content (AvgIpc) is 2.91. The highest BCUT2D eigenvalue weighted by molar-refractivity contribution is 5.29. The van der Waals surface area contributed by atoms with Crippen molar-refractivity contribution in [3.63, 3.8) is 0 Å². The van der Waals surface area contributed by atoms with Crippen molar-refractivity contribution >= 4 is 0 Å². The van der Waals surface area contributed by atoms with Gasteiger partial charge < -0.3 is 19.3 Å². The van der Waals surface area contributed by atoms with Gasteiger partial charge in [0, 0.05) is 20.1 Å². The molecule has 0 bridgehead atoms. The molecule has 6 nitrogen and oxygen atoms in total. The van der Waals surface area contributed by atoms with E-state index in [-0.39, 0.29) is 0 Å². The van der Waals surface area contributed by atoms with Gasteiger partial charge in [0.15, 0.2) is 5.82 Å². The minimum atomic E-state index is 0.550. The molecule has 108 valence electrons. The van der Waals surface area contributed by atoms with Crippen molar-refractivity contribution in [1.82, 2.24) is 15.5 Å². The maximum atomic E-state index is 5.19. The first-order valence-corrected chi connectivity index (χ1v) is 6.46. The molecular weight excluding hydrogens is 258 g/mol. The number of nitrogens with one attached hydrogen (secondary N) is 1. The molecule has 0 saturated carbocycles. The molecule has 6 heteroatoms. The molecule has 1 N–H and O–H groups in total. The first kappa shape index (κ1) is 14.5. The standard InChI is InChI=1S/C14H19N3O3/c1-18-7-6-15-10-14-16-13(17-20-14)9-11-4-3-5-12(8-11)19-2/h3-5,8,15H,6-7,9-10H2,1-2H3. The number of hydrogen-bond donors (Lipinski definition) is 1. The predicted octanol–water partition coefficient (Wildman–Crippen LogP) is 1.40. The van der Waals surface area contributed by atoms with Crippen LogP contribution in [0.2, 0.25) is 0 Å². The molecule has 0 radical (unpaired) electrons. The topological polar surface area (TPSA) is 69.4 Å². The number of hydrogen-bond acceptors (Lipinski definition) is 6. The SMILES string of the molecule is COCCNCc1nc(Cc2cccc(OC)c2)no1. The summed E-state index contributed by atoms with van der Waals surface area (Å²) in [6.45, 7) is 1.96. The molecule has 0 saturated heterocycles. The van der Waals surface area contributed by atoms with Crippen molar-refractivity contribution in [1.29, 1.82) is 0 Å². The van der Waals surface area contributed by atoms with Gasteiger partial charge in [-0.05, 0) is 17.7 Å². The van der Waals surface area contributed by atoms with Crippen molar-refractivity contribution in [2.24, 2.45) is 0 Å². The highest BCUT2D eigenvalue weighted by atomic mass is 16.5. The second-order valence-corrected chi connectivity index (χ2v) is 4.30. The van der Waals surface area contributed by atoms with Crippen LogP contribution in [0.5, 0.6) is 5.75 Å². The van der Waals surface area contributed by atoms with E-state index >= 15 is 0 Å². The normalized spacial score (nSPS) is 10.7.